The average Bonchev–Trinajstić information content (AvgIpc) is 3.81. The van der Waals surface area contributed by atoms with Crippen molar-refractivity contribution in [3.8, 4) is 0 Å². The summed E-state index contributed by atoms with van der Waals surface area (Å²) < 4.78 is 11.8. The second-order valence-electron chi connectivity index (χ2n) is 24.5. The van der Waals surface area contributed by atoms with Crippen LogP contribution in [0.1, 0.15) is 168 Å². The Hall–Kier alpha value is -4.54. The Labute approximate surface area is 391 Å². The molecule has 9 rings (SSSR count). The monoisotopic (exact) mass is 901 g/mol. The van der Waals surface area contributed by atoms with Crippen molar-refractivity contribution in [1.29, 1.82) is 0 Å². The van der Waals surface area contributed by atoms with Gasteiger partial charge in [0.25, 0.3) is 6.47 Å². The summed E-state index contributed by atoms with van der Waals surface area (Å²) in [4.78, 5) is 81.3. The van der Waals surface area contributed by atoms with Gasteiger partial charge in [0.15, 0.2) is 11.6 Å². The fourth-order valence-corrected chi connectivity index (χ4v) is 15.7. The Kier molecular flexibility index (Phi) is 11.1. The van der Waals surface area contributed by atoms with E-state index in [1.165, 1.54) is 5.57 Å². The number of carbonyl (C=O) groups excluding carboxylic acids is 5. The van der Waals surface area contributed by atoms with Crippen molar-refractivity contribution in [2.45, 2.75) is 171 Å². The lowest BCUT2D eigenvalue weighted by Crippen LogP contribution is -2.67. The first-order valence-corrected chi connectivity index (χ1v) is 24.8. The molecule has 0 unspecified atom stereocenters. The molecular weight excluding hydrogens is 829 g/mol. The minimum Gasteiger partial charge on any atom is -0.464 e. The molecule has 0 saturated heterocycles. The van der Waals surface area contributed by atoms with E-state index >= 15 is 0 Å². The normalized spacial score (nSPS) is 36.1. The van der Waals surface area contributed by atoms with Crippen LogP contribution in [0.3, 0.4) is 0 Å². The number of hydrogen-bond donors (Lipinski definition) is 1. The van der Waals surface area contributed by atoms with Gasteiger partial charge < -0.3 is 14.8 Å². The third-order valence-electron chi connectivity index (χ3n) is 19.8. The van der Waals surface area contributed by atoms with E-state index in [4.69, 9.17) is 14.5 Å². The Bertz CT molecular complexity index is 2440. The van der Waals surface area contributed by atoms with E-state index < -0.39 is 16.4 Å². The smallest absolute Gasteiger partial charge is 0.310 e. The third-order valence-corrected chi connectivity index (χ3v) is 19.8. The predicted molar refractivity (Wildman–Crippen MR) is 252 cm³/mol. The molecule has 11 heteroatoms. The number of hydrogen-bond acceptors (Lipinski definition) is 10. The first kappa shape index (κ1) is 46.6. The van der Waals surface area contributed by atoms with Crippen LogP contribution in [0, 0.1) is 62.1 Å². The van der Waals surface area contributed by atoms with Gasteiger partial charge in [-0.05, 0) is 120 Å². The summed E-state index contributed by atoms with van der Waals surface area (Å²) in [5, 5.41) is 3.55. The summed E-state index contributed by atoms with van der Waals surface area (Å²) in [6.07, 6.45) is 13.4. The molecular formula is C55H72N4O7. The number of Topliss-reactive ketones (excluding diaryl/α,β-unsaturated/α-hetero) is 2. The Balaban J connectivity index is 0.931. The first-order chi connectivity index (χ1) is 30.9. The summed E-state index contributed by atoms with van der Waals surface area (Å²) >= 11 is 0. The van der Waals surface area contributed by atoms with Crippen LogP contribution in [0.25, 0.3) is 0 Å². The van der Waals surface area contributed by atoms with E-state index in [9.17, 15) is 24.0 Å². The molecule has 11 nitrogen and oxygen atoms in total. The van der Waals surface area contributed by atoms with E-state index in [-0.39, 0.29) is 87.9 Å². The van der Waals surface area contributed by atoms with Crippen LogP contribution in [-0.2, 0) is 35.1 Å². The summed E-state index contributed by atoms with van der Waals surface area (Å²) in [7, 11) is 0. The van der Waals surface area contributed by atoms with Gasteiger partial charge in [0.2, 0.25) is 5.91 Å². The number of nitrogens with zero attached hydrogens (tertiary/aromatic N) is 3. The molecule has 1 aromatic heterocycles. The summed E-state index contributed by atoms with van der Waals surface area (Å²) in [5.74, 6) is 0.345. The molecule has 5 saturated carbocycles. The van der Waals surface area contributed by atoms with Gasteiger partial charge in [-0.3, -0.25) is 38.9 Å². The number of aliphatic imine (C=N–C) groups is 1. The second kappa shape index (κ2) is 15.8. The van der Waals surface area contributed by atoms with Gasteiger partial charge in [-0.1, -0.05) is 88.3 Å². The first-order valence-electron chi connectivity index (χ1n) is 24.8. The highest BCUT2D eigenvalue weighted by Crippen LogP contribution is 2.76. The lowest BCUT2D eigenvalue weighted by Gasteiger charge is -2.72. The summed E-state index contributed by atoms with van der Waals surface area (Å²) in [6.45, 7) is 24.6. The number of benzene rings is 1. The largest absolute Gasteiger partial charge is 0.464 e. The Morgan fingerprint density at radius 1 is 0.894 bits per heavy atom. The molecule has 2 aromatic rings. The minimum absolute atomic E-state index is 0.0118. The molecule has 6 aliphatic carbocycles. The molecule has 7 aliphatic rings. The van der Waals surface area contributed by atoms with Gasteiger partial charge in [0.05, 0.1) is 34.5 Å². The number of allylic oxidation sites excluding steroid dienone is 1. The molecule has 1 aromatic carbocycles. The average molecular weight is 901 g/mol. The molecule has 2 heterocycles. The fraction of sp³-hybridized carbons (Fsp3) is 0.673. The van der Waals surface area contributed by atoms with Gasteiger partial charge in [-0.25, -0.2) is 0 Å². The molecule has 0 spiro atoms. The second-order valence-corrected chi connectivity index (χ2v) is 24.5. The highest BCUT2D eigenvalue weighted by atomic mass is 16.6. The van der Waals surface area contributed by atoms with Crippen LogP contribution in [0.4, 0.5) is 5.69 Å². The molecule has 1 N–H and O–H groups in total. The lowest BCUT2D eigenvalue weighted by molar-refractivity contribution is -0.236. The van der Waals surface area contributed by atoms with E-state index in [0.717, 1.165) is 67.5 Å². The van der Waals surface area contributed by atoms with Crippen LogP contribution < -0.4 is 5.32 Å². The number of ether oxygens (including phenoxy) is 2. The van der Waals surface area contributed by atoms with E-state index in [1.807, 2.05) is 45.9 Å². The van der Waals surface area contributed by atoms with Gasteiger partial charge in [0, 0.05) is 48.0 Å². The number of fused-ring (bicyclic) bond motifs is 8. The number of nitrogens with one attached hydrogen (secondary N) is 1. The van der Waals surface area contributed by atoms with Gasteiger partial charge in [-0.15, -0.1) is 0 Å². The zero-order valence-electron chi connectivity index (χ0n) is 41.3. The molecule has 10 atom stereocenters. The topological polar surface area (TPSA) is 154 Å². The Morgan fingerprint density at radius 3 is 2.33 bits per heavy atom. The van der Waals surface area contributed by atoms with Gasteiger partial charge in [0.1, 0.15) is 17.9 Å². The van der Waals surface area contributed by atoms with Crippen LogP contribution in [0.15, 0.2) is 52.9 Å². The van der Waals surface area contributed by atoms with Crippen molar-refractivity contribution in [3.63, 3.8) is 0 Å². The van der Waals surface area contributed by atoms with E-state index in [2.05, 4.69) is 63.8 Å². The molecule has 0 bridgehead atoms. The molecule has 5 fully saturated rings. The van der Waals surface area contributed by atoms with Gasteiger partial charge in [-0.2, -0.15) is 0 Å². The molecule has 1 amide bonds. The molecule has 354 valence electrons. The standard InChI is InChI=1S/C55H72N4O7/c1-31(2)45-40(62)28-55(59-48(64)49(3,4)27-39(61)33-13-12-32-24-37(58-36(32)25-33)38-29-56-22-23-57-38)21-20-53(10)34(46(45)55)14-15-42-52(9)18-17-43(51(7,8)41(52)16-19-54(42,53)11)66-47(63)35-26-44(65-30-60)50(35,5)6/h12-13,22-23,25,29-31,34-35,41-44H,14-21,24,26-28H2,1-11H3,(H,59,64)/t34-,35-,41+,42-,43+,44-,52+,53-,54-,55-/m1/s1. The number of aromatic nitrogens is 2. The number of rotatable bonds is 11. The van der Waals surface area contributed by atoms with Crippen molar-refractivity contribution in [3.05, 3.63) is 64.8 Å². The summed E-state index contributed by atoms with van der Waals surface area (Å²) in [5.41, 5.74) is 3.32. The van der Waals surface area contributed by atoms with Crippen LogP contribution in [0.2, 0.25) is 0 Å². The third kappa shape index (κ3) is 6.91. The van der Waals surface area contributed by atoms with Crippen molar-refractivity contribution >= 4 is 41.3 Å². The number of ketones is 2. The highest BCUT2D eigenvalue weighted by Gasteiger charge is 2.71. The fourth-order valence-electron chi connectivity index (χ4n) is 15.7. The van der Waals surface area contributed by atoms with Gasteiger partial charge >= 0.3 is 5.97 Å². The quantitative estimate of drug-likeness (QED) is 0.132. The summed E-state index contributed by atoms with van der Waals surface area (Å²) in [6, 6.07) is 5.61. The van der Waals surface area contributed by atoms with Crippen molar-refractivity contribution in [2.24, 2.45) is 67.1 Å². The SMILES string of the molecule is CC(C)C1=C2[C@H]3CC[C@@H]4[C@@]5(C)CC[C@H](OC(=O)[C@H]6C[C@@H](OC=O)C6(C)C)C(C)(C)[C@@H]5CC[C@@]4(C)[C@]3(C)CC[C@@]2(NC(=O)C(C)(C)CC(=O)c2ccc3c(c2)N=C(c2cnccn2)C3)CC1=O. The maximum absolute atomic E-state index is 14.7. The Morgan fingerprint density at radius 2 is 1.65 bits per heavy atom. The number of carbonyl (C=O) groups is 5. The van der Waals surface area contributed by atoms with Crippen molar-refractivity contribution < 1.29 is 33.4 Å². The number of esters is 1. The van der Waals surface area contributed by atoms with Crippen LogP contribution >= 0.6 is 0 Å². The van der Waals surface area contributed by atoms with E-state index in [0.29, 0.717) is 48.8 Å². The maximum Gasteiger partial charge on any atom is 0.310 e. The molecule has 0 radical (unpaired) electrons. The maximum atomic E-state index is 14.7. The lowest BCUT2D eigenvalue weighted by atomic mass is 9.33. The van der Waals surface area contributed by atoms with Crippen molar-refractivity contribution in [1.82, 2.24) is 15.3 Å². The predicted octanol–water partition coefficient (Wildman–Crippen LogP) is 10.1. The molecule has 66 heavy (non-hydrogen) atoms. The van der Waals surface area contributed by atoms with E-state index in [1.54, 1.807) is 18.6 Å². The van der Waals surface area contributed by atoms with Crippen LogP contribution in [0.5, 0.6) is 0 Å². The zero-order valence-corrected chi connectivity index (χ0v) is 41.3. The highest BCUT2D eigenvalue weighted by molar-refractivity contribution is 6.07. The van der Waals surface area contributed by atoms with Crippen LogP contribution in [-0.4, -0.2) is 63.3 Å². The molecule has 1 aliphatic heterocycles. The minimum atomic E-state index is -1.04. The zero-order chi connectivity index (χ0) is 47.6. The van der Waals surface area contributed by atoms with Crippen molar-refractivity contribution in [2.75, 3.05) is 0 Å². The number of amides is 1.